The first-order valence-corrected chi connectivity index (χ1v) is 7.84. The zero-order valence-corrected chi connectivity index (χ0v) is 13.9. The molecule has 0 spiro atoms. The van der Waals surface area contributed by atoms with Crippen molar-refractivity contribution in [3.63, 3.8) is 0 Å². The van der Waals surface area contributed by atoms with Gasteiger partial charge in [0.15, 0.2) is 0 Å². The van der Waals surface area contributed by atoms with Crippen LogP contribution in [-0.2, 0) is 9.31 Å². The maximum absolute atomic E-state index is 12.7. The number of benzene rings is 1. The predicted octanol–water partition coefficient (Wildman–Crippen LogP) is 2.97. The van der Waals surface area contributed by atoms with Crippen LogP contribution in [0.1, 0.15) is 6.42 Å². The van der Waals surface area contributed by atoms with E-state index >= 15 is 0 Å². The molecule has 2 rings (SSSR count). The van der Waals surface area contributed by atoms with Gasteiger partial charge in [0.25, 0.3) is 0 Å². The molecule has 4 nitrogen and oxygen atoms in total. The number of anilines is 1. The average molecular weight is 342 g/mol. The minimum Gasteiger partial charge on any atom is -0.405 e. The molecule has 0 amide bonds. The molecule has 1 fully saturated rings. The Balaban J connectivity index is 2.21. The molecule has 0 aromatic heterocycles. The van der Waals surface area contributed by atoms with Crippen LogP contribution < -0.4 is 4.90 Å². The zero-order valence-electron chi connectivity index (χ0n) is 13.9. The summed E-state index contributed by atoms with van der Waals surface area (Å²) in [5, 5.41) is 0. The third-order valence-corrected chi connectivity index (χ3v) is 3.80. The smallest absolute Gasteiger partial charge is 0.405 e. The highest BCUT2D eigenvalue weighted by Crippen LogP contribution is 2.25. The minimum atomic E-state index is -4.27. The molecular formula is C16H22BF3N2O2. The quantitative estimate of drug-likeness (QED) is 0.786. The van der Waals surface area contributed by atoms with E-state index in [1.165, 1.54) is 0 Å². The first kappa shape index (κ1) is 18.8. The molecule has 8 heteroatoms. The molecule has 0 atom stereocenters. The van der Waals surface area contributed by atoms with Crippen LogP contribution in [0.15, 0.2) is 42.0 Å². The second kappa shape index (κ2) is 8.55. The van der Waals surface area contributed by atoms with E-state index in [2.05, 4.69) is 4.90 Å². The molecule has 0 saturated carbocycles. The van der Waals surface area contributed by atoms with Crippen molar-refractivity contribution in [1.82, 2.24) is 4.90 Å². The van der Waals surface area contributed by atoms with Gasteiger partial charge in [-0.2, -0.15) is 13.2 Å². The van der Waals surface area contributed by atoms with Crippen LogP contribution in [0.5, 0.6) is 0 Å². The molecule has 1 aliphatic rings. The van der Waals surface area contributed by atoms with E-state index in [1.54, 1.807) is 11.9 Å². The second-order valence-corrected chi connectivity index (χ2v) is 5.72. The fourth-order valence-electron chi connectivity index (χ4n) is 2.37. The van der Waals surface area contributed by atoms with Gasteiger partial charge in [-0.1, -0.05) is 24.3 Å². The molecule has 0 N–H and O–H groups in total. The fraction of sp³-hybridized carbons (Fsp3) is 0.500. The average Bonchev–Trinajstić information content (AvgIpc) is 2.51. The molecule has 1 heterocycles. The van der Waals surface area contributed by atoms with Crippen LogP contribution in [0, 0.1) is 0 Å². The summed E-state index contributed by atoms with van der Waals surface area (Å²) in [6.07, 6.45) is -4.16. The van der Waals surface area contributed by atoms with Crippen molar-refractivity contribution in [2.75, 3.05) is 45.3 Å². The van der Waals surface area contributed by atoms with Gasteiger partial charge in [0.1, 0.15) is 0 Å². The third-order valence-electron chi connectivity index (χ3n) is 3.80. The third kappa shape index (κ3) is 5.85. The minimum absolute atomic E-state index is 0.364. The van der Waals surface area contributed by atoms with Crippen molar-refractivity contribution < 1.29 is 22.5 Å². The SMILES string of the molecule is CN1CCOB(/C(=C/CC(F)(F)F)N(C)c2ccccc2)OCC1. The lowest BCUT2D eigenvalue weighted by atomic mass is 9.81. The Morgan fingerprint density at radius 3 is 2.33 bits per heavy atom. The van der Waals surface area contributed by atoms with Gasteiger partial charge < -0.3 is 19.1 Å². The van der Waals surface area contributed by atoms with E-state index in [0.717, 1.165) is 11.8 Å². The Bertz CT molecular complexity index is 530. The molecule has 1 aromatic carbocycles. The number of hydrogen-bond donors (Lipinski definition) is 0. The summed E-state index contributed by atoms with van der Waals surface area (Å²) in [6, 6.07) is 9.19. The number of alkyl halides is 3. The molecule has 0 bridgehead atoms. The lowest BCUT2D eigenvalue weighted by molar-refractivity contribution is -0.125. The predicted molar refractivity (Wildman–Crippen MR) is 88.8 cm³/mol. The van der Waals surface area contributed by atoms with Gasteiger partial charge in [0.05, 0.1) is 6.42 Å². The highest BCUT2D eigenvalue weighted by Gasteiger charge is 2.32. The van der Waals surface area contributed by atoms with Crippen molar-refractivity contribution in [3.8, 4) is 0 Å². The number of nitrogens with zero attached hydrogens (tertiary/aromatic N) is 2. The lowest BCUT2D eigenvalue weighted by Gasteiger charge is -2.30. The number of allylic oxidation sites excluding steroid dienone is 1. The zero-order chi connectivity index (χ0) is 17.6. The van der Waals surface area contributed by atoms with E-state index in [4.69, 9.17) is 9.31 Å². The molecule has 1 aromatic rings. The van der Waals surface area contributed by atoms with E-state index < -0.39 is 19.7 Å². The van der Waals surface area contributed by atoms with E-state index in [0.29, 0.717) is 31.9 Å². The van der Waals surface area contributed by atoms with Crippen LogP contribution in [0.25, 0.3) is 0 Å². The summed E-state index contributed by atoms with van der Waals surface area (Å²) < 4.78 is 49.4. The Kier molecular flexibility index (Phi) is 6.71. The molecule has 0 aliphatic carbocycles. The van der Waals surface area contributed by atoms with Crippen molar-refractivity contribution in [2.24, 2.45) is 0 Å². The molecule has 132 valence electrons. The number of para-hydroxylation sites is 1. The topological polar surface area (TPSA) is 24.9 Å². The number of rotatable bonds is 4. The highest BCUT2D eigenvalue weighted by molar-refractivity contribution is 6.54. The summed E-state index contributed by atoms with van der Waals surface area (Å²) in [5.41, 5.74) is 1.14. The number of hydrogen-bond acceptors (Lipinski definition) is 4. The molecule has 0 unspecified atom stereocenters. The van der Waals surface area contributed by atoms with Crippen LogP contribution in [0.4, 0.5) is 18.9 Å². The summed E-state index contributed by atoms with van der Waals surface area (Å²) >= 11 is 0. The van der Waals surface area contributed by atoms with Gasteiger partial charge in [0, 0.05) is 44.6 Å². The van der Waals surface area contributed by atoms with Gasteiger partial charge in [-0.3, -0.25) is 0 Å². The molecular weight excluding hydrogens is 320 g/mol. The van der Waals surface area contributed by atoms with Crippen LogP contribution in [-0.4, -0.2) is 58.6 Å². The molecule has 24 heavy (non-hydrogen) atoms. The first-order chi connectivity index (χ1) is 11.4. The lowest BCUT2D eigenvalue weighted by Crippen LogP contribution is -2.41. The molecule has 1 aliphatic heterocycles. The summed E-state index contributed by atoms with van der Waals surface area (Å²) in [6.45, 7) is 2.21. The van der Waals surface area contributed by atoms with Crippen molar-refractivity contribution >= 4 is 12.8 Å². The van der Waals surface area contributed by atoms with E-state index in [1.807, 2.05) is 37.4 Å². The highest BCUT2D eigenvalue weighted by atomic mass is 19.4. The van der Waals surface area contributed by atoms with Crippen molar-refractivity contribution in [2.45, 2.75) is 12.6 Å². The van der Waals surface area contributed by atoms with Gasteiger partial charge in [-0.15, -0.1) is 0 Å². The Labute approximate surface area is 141 Å². The second-order valence-electron chi connectivity index (χ2n) is 5.72. The fourth-order valence-corrected chi connectivity index (χ4v) is 2.37. The normalized spacial score (nSPS) is 18.2. The van der Waals surface area contributed by atoms with Crippen LogP contribution in [0.3, 0.4) is 0 Å². The Morgan fingerprint density at radius 2 is 1.79 bits per heavy atom. The summed E-state index contributed by atoms with van der Waals surface area (Å²) in [7, 11) is 2.85. The first-order valence-electron chi connectivity index (χ1n) is 7.84. The summed E-state index contributed by atoms with van der Waals surface area (Å²) in [4.78, 5) is 3.73. The van der Waals surface area contributed by atoms with E-state index in [-0.39, 0.29) is 0 Å². The Morgan fingerprint density at radius 1 is 1.21 bits per heavy atom. The van der Waals surface area contributed by atoms with Gasteiger partial charge in [-0.25, -0.2) is 0 Å². The van der Waals surface area contributed by atoms with Crippen LogP contribution >= 0.6 is 0 Å². The van der Waals surface area contributed by atoms with E-state index in [9.17, 15) is 13.2 Å². The van der Waals surface area contributed by atoms with Crippen molar-refractivity contribution in [3.05, 3.63) is 42.0 Å². The molecule has 0 radical (unpaired) electrons. The summed E-state index contributed by atoms with van der Waals surface area (Å²) in [5.74, 6) is 0. The van der Waals surface area contributed by atoms with Gasteiger partial charge >= 0.3 is 13.3 Å². The Hall–Kier alpha value is -1.51. The number of likely N-dealkylation sites (N-methyl/N-ethyl adjacent to an activating group) is 1. The number of halogens is 3. The van der Waals surface area contributed by atoms with Gasteiger partial charge in [0.2, 0.25) is 0 Å². The van der Waals surface area contributed by atoms with Crippen LogP contribution in [0.2, 0.25) is 0 Å². The standard InChI is InChI=1S/C16H22BF3N2O2/c1-21-10-12-23-17(24-13-11-21)15(8-9-16(18,19)20)22(2)14-6-4-3-5-7-14/h3-8H,9-13H2,1-2H3/b15-8-. The van der Waals surface area contributed by atoms with Gasteiger partial charge in [-0.05, 0) is 19.2 Å². The van der Waals surface area contributed by atoms with Crippen molar-refractivity contribution in [1.29, 1.82) is 0 Å². The monoisotopic (exact) mass is 342 g/mol. The molecule has 1 saturated heterocycles. The maximum Gasteiger partial charge on any atom is 0.511 e. The largest absolute Gasteiger partial charge is 0.511 e. The maximum atomic E-state index is 12.7.